The summed E-state index contributed by atoms with van der Waals surface area (Å²) in [6.07, 6.45) is 0. The standard InChI is InChI=1S/C16H11ClN4O4/c17-13-6-5-9(21(24)25)7-12(13)15(22)18-8-14-10-3-1-2-4-11(10)16(23)20-19-14/h1-7H,8H2,(H,18,22)(H,20,23). The molecule has 2 N–H and O–H groups in total. The zero-order valence-corrected chi connectivity index (χ0v) is 13.4. The summed E-state index contributed by atoms with van der Waals surface area (Å²) in [6, 6.07) is 10.5. The van der Waals surface area contributed by atoms with E-state index in [4.69, 9.17) is 11.6 Å². The average molecular weight is 359 g/mol. The Morgan fingerprint density at radius 2 is 1.96 bits per heavy atom. The van der Waals surface area contributed by atoms with Crippen LogP contribution in [0.15, 0.2) is 47.3 Å². The summed E-state index contributed by atoms with van der Waals surface area (Å²) in [5, 5.41) is 20.9. The summed E-state index contributed by atoms with van der Waals surface area (Å²) >= 11 is 5.95. The summed E-state index contributed by atoms with van der Waals surface area (Å²) in [6.45, 7) is 0.0230. The molecule has 8 nitrogen and oxygen atoms in total. The number of non-ortho nitro benzene ring substituents is 1. The first-order valence-corrected chi connectivity index (χ1v) is 7.53. The summed E-state index contributed by atoms with van der Waals surface area (Å²) in [5.74, 6) is -0.578. The molecule has 0 bridgehead atoms. The van der Waals surface area contributed by atoms with E-state index in [1.54, 1.807) is 24.3 Å². The molecular weight excluding hydrogens is 348 g/mol. The molecule has 1 heterocycles. The number of nitro benzene ring substituents is 1. The van der Waals surface area contributed by atoms with E-state index in [0.717, 1.165) is 6.07 Å². The first kappa shape index (κ1) is 16.6. The summed E-state index contributed by atoms with van der Waals surface area (Å²) in [7, 11) is 0. The minimum atomic E-state index is -0.607. The maximum Gasteiger partial charge on any atom is 0.272 e. The first-order chi connectivity index (χ1) is 12.0. The van der Waals surface area contributed by atoms with Crippen molar-refractivity contribution in [3.63, 3.8) is 0 Å². The zero-order valence-electron chi connectivity index (χ0n) is 12.7. The molecule has 0 atom stereocenters. The molecule has 0 aliphatic rings. The van der Waals surface area contributed by atoms with Crippen molar-refractivity contribution in [2.45, 2.75) is 6.54 Å². The Morgan fingerprint density at radius 1 is 1.24 bits per heavy atom. The second-order valence-electron chi connectivity index (χ2n) is 5.15. The van der Waals surface area contributed by atoms with Gasteiger partial charge in [-0.05, 0) is 12.1 Å². The number of carbonyl (C=O) groups is 1. The molecule has 126 valence electrons. The lowest BCUT2D eigenvalue weighted by molar-refractivity contribution is -0.384. The van der Waals surface area contributed by atoms with E-state index < -0.39 is 10.8 Å². The molecular formula is C16H11ClN4O4. The van der Waals surface area contributed by atoms with Crippen LogP contribution in [-0.2, 0) is 6.54 Å². The Labute approximate surface area is 145 Å². The molecule has 2 aromatic carbocycles. The van der Waals surface area contributed by atoms with Crippen LogP contribution in [0.1, 0.15) is 16.1 Å². The summed E-state index contributed by atoms with van der Waals surface area (Å²) < 4.78 is 0. The number of aromatic amines is 1. The zero-order chi connectivity index (χ0) is 18.0. The molecule has 0 radical (unpaired) electrons. The Hall–Kier alpha value is -3.26. The van der Waals surface area contributed by atoms with Crippen molar-refractivity contribution in [3.05, 3.63) is 79.2 Å². The van der Waals surface area contributed by atoms with Crippen molar-refractivity contribution < 1.29 is 9.72 Å². The largest absolute Gasteiger partial charge is 0.346 e. The Morgan fingerprint density at radius 3 is 2.68 bits per heavy atom. The molecule has 25 heavy (non-hydrogen) atoms. The van der Waals surface area contributed by atoms with Gasteiger partial charge in [-0.2, -0.15) is 5.10 Å². The summed E-state index contributed by atoms with van der Waals surface area (Å²) in [4.78, 5) is 34.3. The van der Waals surface area contributed by atoms with Gasteiger partial charge in [-0.1, -0.05) is 29.8 Å². The molecule has 1 amide bonds. The van der Waals surface area contributed by atoms with Gasteiger partial charge < -0.3 is 5.32 Å². The number of fused-ring (bicyclic) bond motifs is 1. The topological polar surface area (TPSA) is 118 Å². The molecule has 0 unspecified atom stereocenters. The van der Waals surface area contributed by atoms with E-state index in [2.05, 4.69) is 15.5 Å². The van der Waals surface area contributed by atoms with Gasteiger partial charge in [-0.3, -0.25) is 19.7 Å². The number of aromatic nitrogens is 2. The van der Waals surface area contributed by atoms with Crippen molar-refractivity contribution in [1.29, 1.82) is 0 Å². The predicted octanol–water partition coefficient (Wildman–Crippen LogP) is 2.41. The van der Waals surface area contributed by atoms with Crippen LogP contribution < -0.4 is 10.9 Å². The van der Waals surface area contributed by atoms with Gasteiger partial charge in [0.15, 0.2) is 0 Å². The van der Waals surface area contributed by atoms with Crippen molar-refractivity contribution in [1.82, 2.24) is 15.5 Å². The van der Waals surface area contributed by atoms with Gasteiger partial charge in [0, 0.05) is 17.5 Å². The number of hydrogen-bond acceptors (Lipinski definition) is 5. The fourth-order valence-electron chi connectivity index (χ4n) is 2.37. The molecule has 0 fully saturated rings. The molecule has 3 aromatic rings. The number of benzene rings is 2. The highest BCUT2D eigenvalue weighted by atomic mass is 35.5. The second-order valence-corrected chi connectivity index (χ2v) is 5.56. The van der Waals surface area contributed by atoms with Crippen molar-refractivity contribution in [2.75, 3.05) is 0 Å². The van der Waals surface area contributed by atoms with Crippen LogP contribution in [-0.4, -0.2) is 21.0 Å². The van der Waals surface area contributed by atoms with Gasteiger partial charge >= 0.3 is 0 Å². The highest BCUT2D eigenvalue weighted by molar-refractivity contribution is 6.33. The Balaban J connectivity index is 1.87. The SMILES string of the molecule is O=C(NCc1n[nH]c(=O)c2ccccc12)c1cc([N+](=O)[O-])ccc1Cl. The van der Waals surface area contributed by atoms with Crippen LogP contribution in [0.3, 0.4) is 0 Å². The molecule has 1 aromatic heterocycles. The van der Waals surface area contributed by atoms with Crippen molar-refractivity contribution >= 4 is 34.0 Å². The van der Waals surface area contributed by atoms with Crippen LogP contribution in [0.25, 0.3) is 10.8 Å². The minimum Gasteiger partial charge on any atom is -0.346 e. The minimum absolute atomic E-state index is 0.00963. The van der Waals surface area contributed by atoms with Crippen LogP contribution in [0.2, 0.25) is 5.02 Å². The van der Waals surface area contributed by atoms with Gasteiger partial charge in [0.1, 0.15) is 0 Å². The number of halogens is 1. The number of carbonyl (C=O) groups excluding carboxylic acids is 1. The predicted molar refractivity (Wildman–Crippen MR) is 91.6 cm³/mol. The molecule has 9 heteroatoms. The van der Waals surface area contributed by atoms with Crippen LogP contribution in [0.5, 0.6) is 0 Å². The Bertz CT molecular complexity index is 1050. The van der Waals surface area contributed by atoms with Gasteiger partial charge in [0.25, 0.3) is 17.2 Å². The summed E-state index contributed by atoms with van der Waals surface area (Å²) in [5.41, 5.74) is -0.107. The molecule has 0 spiro atoms. The number of nitro groups is 1. The highest BCUT2D eigenvalue weighted by Crippen LogP contribution is 2.22. The van der Waals surface area contributed by atoms with Gasteiger partial charge in [-0.25, -0.2) is 5.10 Å². The van der Waals surface area contributed by atoms with Crippen LogP contribution in [0.4, 0.5) is 5.69 Å². The van der Waals surface area contributed by atoms with Crippen molar-refractivity contribution in [3.8, 4) is 0 Å². The van der Waals surface area contributed by atoms with Gasteiger partial charge in [0.05, 0.1) is 33.1 Å². The molecule has 0 saturated heterocycles. The molecule has 0 aliphatic carbocycles. The smallest absolute Gasteiger partial charge is 0.272 e. The van der Waals surface area contributed by atoms with E-state index in [1.807, 2.05) is 0 Å². The second kappa shape index (κ2) is 6.70. The molecule has 3 rings (SSSR count). The number of amides is 1. The molecule has 0 saturated carbocycles. The monoisotopic (exact) mass is 358 g/mol. The van der Waals surface area contributed by atoms with E-state index in [-0.39, 0.29) is 28.4 Å². The van der Waals surface area contributed by atoms with E-state index in [0.29, 0.717) is 16.5 Å². The third-order valence-corrected chi connectivity index (χ3v) is 3.93. The van der Waals surface area contributed by atoms with E-state index in [9.17, 15) is 19.7 Å². The van der Waals surface area contributed by atoms with Gasteiger partial charge in [-0.15, -0.1) is 0 Å². The highest BCUT2D eigenvalue weighted by Gasteiger charge is 2.16. The number of nitrogens with zero attached hydrogens (tertiary/aromatic N) is 2. The lowest BCUT2D eigenvalue weighted by Crippen LogP contribution is -2.25. The lowest BCUT2D eigenvalue weighted by atomic mass is 10.1. The number of rotatable bonds is 4. The van der Waals surface area contributed by atoms with Gasteiger partial charge in [0.2, 0.25) is 0 Å². The van der Waals surface area contributed by atoms with Crippen LogP contribution in [0, 0.1) is 10.1 Å². The first-order valence-electron chi connectivity index (χ1n) is 7.16. The fourth-order valence-corrected chi connectivity index (χ4v) is 2.57. The van der Waals surface area contributed by atoms with E-state index in [1.165, 1.54) is 12.1 Å². The quantitative estimate of drug-likeness (QED) is 0.548. The fraction of sp³-hybridized carbons (Fsp3) is 0.0625. The number of hydrogen-bond donors (Lipinski definition) is 2. The van der Waals surface area contributed by atoms with E-state index >= 15 is 0 Å². The van der Waals surface area contributed by atoms with Crippen molar-refractivity contribution in [2.24, 2.45) is 0 Å². The normalized spacial score (nSPS) is 10.6. The third-order valence-electron chi connectivity index (χ3n) is 3.60. The number of H-pyrrole nitrogens is 1. The average Bonchev–Trinajstić information content (AvgIpc) is 2.61. The maximum absolute atomic E-state index is 12.3. The third kappa shape index (κ3) is 3.33. The maximum atomic E-state index is 12.3. The van der Waals surface area contributed by atoms with Crippen LogP contribution >= 0.6 is 11.6 Å². The Kier molecular flexibility index (Phi) is 4.44. The molecule has 0 aliphatic heterocycles. The lowest BCUT2D eigenvalue weighted by Gasteiger charge is -2.08. The number of nitrogens with one attached hydrogen (secondary N) is 2.